The molecule has 0 amide bonds. The number of aromatic nitrogens is 8. The molecule has 0 aliphatic rings. The SMILES string of the molecule is C.COc1cc(C(C)C)c(Oc2cnc(N)nc2N)cc1-n1ccnc1.COc1cc(C(C)C)c(Oc2cnc(N)nc2N)cc1I.[Cu][I].c1c[nH]cn1. The Kier molecular flexibility index (Phi) is 19.0. The molecule has 0 spiro atoms. The molecule has 294 valence electrons. The topological polar surface area (TPSA) is 239 Å². The number of hydrogen-bond acceptors (Lipinski definition) is 14. The van der Waals surface area contributed by atoms with E-state index in [1.54, 1.807) is 65.8 Å². The van der Waals surface area contributed by atoms with Gasteiger partial charge in [-0.1, -0.05) is 35.1 Å². The number of halogens is 2. The quantitative estimate of drug-likeness (QED) is 0.0685. The number of H-pyrrole nitrogens is 1. The summed E-state index contributed by atoms with van der Waals surface area (Å²) in [5, 5.41) is 0. The monoisotopic (exact) mass is 1010 g/mol. The molecule has 9 N–H and O–H groups in total. The van der Waals surface area contributed by atoms with Crippen LogP contribution in [0.1, 0.15) is 58.1 Å². The van der Waals surface area contributed by atoms with Gasteiger partial charge in [0.1, 0.15) is 23.0 Å². The zero-order valence-electron chi connectivity index (χ0n) is 29.7. The molecule has 6 rings (SSSR count). The van der Waals surface area contributed by atoms with E-state index in [9.17, 15) is 0 Å². The molecule has 19 heteroatoms. The predicted octanol–water partition coefficient (Wildman–Crippen LogP) is 7.85. The van der Waals surface area contributed by atoms with Crippen LogP contribution >= 0.6 is 42.9 Å². The zero-order chi connectivity index (χ0) is 39.1. The molecule has 0 saturated carbocycles. The van der Waals surface area contributed by atoms with Crippen molar-refractivity contribution in [3.63, 3.8) is 0 Å². The maximum Gasteiger partial charge on any atom is 0.0919 e. The molecule has 0 saturated heterocycles. The molecule has 0 aliphatic heterocycles. The summed E-state index contributed by atoms with van der Waals surface area (Å²) in [5.41, 5.74) is 25.5. The minimum atomic E-state index is 0. The number of anilines is 4. The van der Waals surface area contributed by atoms with Crippen LogP contribution in [0.4, 0.5) is 23.5 Å². The van der Waals surface area contributed by atoms with Crippen molar-refractivity contribution in [2.45, 2.75) is 47.0 Å². The Labute approximate surface area is 348 Å². The third kappa shape index (κ3) is 12.8. The molecule has 0 atom stereocenters. The number of aromatic amines is 1. The van der Waals surface area contributed by atoms with Gasteiger partial charge in [-0.3, -0.25) is 0 Å². The van der Waals surface area contributed by atoms with Crippen LogP contribution in [0.2, 0.25) is 0 Å². The molecule has 0 aliphatic carbocycles. The third-order valence-corrected chi connectivity index (χ3v) is 7.91. The van der Waals surface area contributed by atoms with Crippen LogP contribution in [-0.2, 0) is 12.8 Å². The molecule has 0 bridgehead atoms. The van der Waals surface area contributed by atoms with E-state index in [0.29, 0.717) is 23.0 Å². The third-order valence-electron chi connectivity index (χ3n) is 7.07. The second-order valence-electron chi connectivity index (χ2n) is 11.3. The number of nitrogens with zero attached hydrogens (tertiary/aromatic N) is 7. The van der Waals surface area contributed by atoms with Gasteiger partial charge in [0.25, 0.3) is 0 Å². The molecular weight excluding hydrogens is 970 g/mol. The standard InChI is InChI=1S/C17H20N6O2.C14H17IN4O2.C3H4N2.CH4.Cu.HI/c1-10(2)11-6-14(24-3)12(23-5-4-20-9-23)7-13(11)25-15-8-21-17(19)22-16(15)18;1-7(2)8-4-11(20-3)9(15)5-10(8)21-12-6-18-14(17)19-13(12)16;1-2-5-3-4-1;;;/h4-10H,1-3H3,(H4,18,19,21,22);4-7H,1-3H3,(H4,16,17,18,19);1-3H,(H,4,5);1H4;;1H/q;;;;+1;/p-1. The molecule has 0 radical (unpaired) electrons. The number of rotatable bonds is 9. The fourth-order valence-electron chi connectivity index (χ4n) is 4.52. The van der Waals surface area contributed by atoms with Gasteiger partial charge in [0.2, 0.25) is 11.9 Å². The van der Waals surface area contributed by atoms with Crippen molar-refractivity contribution >= 4 is 66.5 Å². The van der Waals surface area contributed by atoms with Gasteiger partial charge in [-0.05, 0) is 52.6 Å². The van der Waals surface area contributed by atoms with Crippen LogP contribution in [0, 0.1) is 3.57 Å². The number of ether oxygens (including phenoxy) is 4. The first-order chi connectivity index (χ1) is 25.4. The number of imidazole rings is 2. The molecule has 2 aromatic carbocycles. The summed E-state index contributed by atoms with van der Waals surface area (Å²) >= 11 is 8.07. The number of nitrogen functional groups attached to an aromatic ring is 4. The van der Waals surface area contributed by atoms with Gasteiger partial charge >= 0.3 is 33.1 Å². The minimum Gasteiger partial charge on any atom is -0.351 e. The van der Waals surface area contributed by atoms with Gasteiger partial charge in [-0.2, -0.15) is 9.97 Å². The van der Waals surface area contributed by atoms with Gasteiger partial charge in [-0.25, -0.2) is 19.9 Å². The number of methoxy groups -OCH3 is 2. The molecule has 6 aromatic rings. The van der Waals surface area contributed by atoms with Crippen molar-refractivity contribution in [3.05, 3.63) is 88.8 Å². The van der Waals surface area contributed by atoms with Crippen molar-refractivity contribution < 1.29 is 31.7 Å². The van der Waals surface area contributed by atoms with E-state index in [4.69, 9.17) is 41.9 Å². The summed E-state index contributed by atoms with van der Waals surface area (Å²) in [6.07, 6.45) is 13.2. The fraction of sp³-hybridized carbons (Fsp3) is 0.257. The fourth-order valence-corrected chi connectivity index (χ4v) is 5.18. The van der Waals surface area contributed by atoms with Gasteiger partial charge in [-0.15, -0.1) is 0 Å². The van der Waals surface area contributed by atoms with Crippen molar-refractivity contribution in [2.24, 2.45) is 0 Å². The van der Waals surface area contributed by atoms with Crippen molar-refractivity contribution in [1.82, 2.24) is 39.5 Å². The van der Waals surface area contributed by atoms with E-state index in [1.165, 1.54) is 12.4 Å². The number of nitrogens with one attached hydrogen (secondary N) is 1. The van der Waals surface area contributed by atoms with Crippen molar-refractivity contribution in [2.75, 3.05) is 37.2 Å². The van der Waals surface area contributed by atoms with Crippen LogP contribution in [0.5, 0.6) is 34.5 Å². The average Bonchev–Trinajstić information content (AvgIpc) is 3.90. The maximum absolute atomic E-state index is 6.00. The summed E-state index contributed by atoms with van der Waals surface area (Å²) in [5.74, 6) is 4.68. The first-order valence-electron chi connectivity index (χ1n) is 15.6. The minimum absolute atomic E-state index is 0. The van der Waals surface area contributed by atoms with E-state index in [-0.39, 0.29) is 42.8 Å². The first kappa shape index (κ1) is 45.6. The normalized spacial score (nSPS) is 10.1. The second-order valence-corrected chi connectivity index (χ2v) is 12.4. The van der Waals surface area contributed by atoms with Crippen LogP contribution in [-0.4, -0.2) is 53.7 Å². The van der Waals surface area contributed by atoms with Crippen LogP contribution < -0.4 is 41.9 Å². The maximum atomic E-state index is 6.00. The molecule has 16 nitrogen and oxygen atoms in total. The van der Waals surface area contributed by atoms with E-state index in [2.05, 4.69) is 97.9 Å². The molecule has 0 unspecified atom stereocenters. The van der Waals surface area contributed by atoms with Gasteiger partial charge in [0.15, 0.2) is 23.1 Å². The number of nitrogens with two attached hydrogens (primary N) is 4. The van der Waals surface area contributed by atoms with E-state index in [0.717, 1.165) is 31.9 Å². The Morgan fingerprint density at radius 1 is 0.704 bits per heavy atom. The van der Waals surface area contributed by atoms with Crippen LogP contribution in [0.25, 0.3) is 5.69 Å². The smallest absolute Gasteiger partial charge is 0.0919 e. The molecule has 0 fully saturated rings. The summed E-state index contributed by atoms with van der Waals surface area (Å²) < 4.78 is 25.6. The first-order valence-corrected chi connectivity index (χ1v) is 19.8. The summed E-state index contributed by atoms with van der Waals surface area (Å²) in [6.45, 7) is 8.30. The second kappa shape index (κ2) is 22.6. The Balaban J connectivity index is 0.000000315. The predicted molar refractivity (Wildman–Crippen MR) is 225 cm³/mol. The van der Waals surface area contributed by atoms with Gasteiger partial charge in [0, 0.05) is 42.0 Å². The summed E-state index contributed by atoms with van der Waals surface area (Å²) in [7, 11) is 3.28. The molecule has 54 heavy (non-hydrogen) atoms. The Morgan fingerprint density at radius 3 is 1.61 bits per heavy atom. The van der Waals surface area contributed by atoms with E-state index < -0.39 is 0 Å². The van der Waals surface area contributed by atoms with Crippen molar-refractivity contribution in [1.29, 1.82) is 0 Å². The Morgan fingerprint density at radius 2 is 1.22 bits per heavy atom. The van der Waals surface area contributed by atoms with Crippen molar-refractivity contribution in [3.8, 4) is 40.2 Å². The van der Waals surface area contributed by atoms with Crippen LogP contribution in [0.3, 0.4) is 0 Å². The molecule has 4 aromatic heterocycles. The average molecular weight is 1020 g/mol. The number of benzene rings is 2. The van der Waals surface area contributed by atoms with Crippen LogP contribution in [0.15, 0.2) is 74.1 Å². The Hall–Kier alpha value is -4.60. The number of hydrogen-bond donors (Lipinski definition) is 5. The Bertz CT molecular complexity index is 2000. The summed E-state index contributed by atoms with van der Waals surface area (Å²) in [4.78, 5) is 26.2. The summed E-state index contributed by atoms with van der Waals surface area (Å²) in [6, 6.07) is 7.70. The molecule has 4 heterocycles. The zero-order valence-corrected chi connectivity index (χ0v) is 35.0. The van der Waals surface area contributed by atoms with E-state index in [1.807, 2.05) is 35.0 Å². The van der Waals surface area contributed by atoms with Gasteiger partial charge in [0.05, 0.1) is 48.5 Å². The molecular formula is C35H45CuI2N12O4. The van der Waals surface area contributed by atoms with Gasteiger partial charge < -0.3 is 51.4 Å². The largest absolute Gasteiger partial charge is 0.351 e. The van der Waals surface area contributed by atoms with E-state index >= 15 is 0 Å².